The van der Waals surface area contributed by atoms with Crippen molar-refractivity contribution in [2.75, 3.05) is 11.9 Å². The zero-order valence-electron chi connectivity index (χ0n) is 13.5. The average molecular weight is 277 g/mol. The van der Waals surface area contributed by atoms with Crippen LogP contribution in [-0.2, 0) is 6.54 Å². The first-order valence-electron chi connectivity index (χ1n) is 7.47. The van der Waals surface area contributed by atoms with Gasteiger partial charge in [-0.15, -0.1) is 0 Å². The summed E-state index contributed by atoms with van der Waals surface area (Å²) >= 11 is 0. The largest absolute Gasteiger partial charge is 0.365 e. The molecule has 0 aliphatic heterocycles. The van der Waals surface area contributed by atoms with Gasteiger partial charge in [0.2, 0.25) is 0 Å². The molecule has 20 heavy (non-hydrogen) atoms. The van der Waals surface area contributed by atoms with Crippen LogP contribution >= 0.6 is 0 Å². The van der Waals surface area contributed by atoms with Gasteiger partial charge < -0.3 is 9.88 Å². The maximum Gasteiger partial charge on any atom is 0.293 e. The van der Waals surface area contributed by atoms with Crippen LogP contribution in [0, 0.1) is 22.7 Å². The van der Waals surface area contributed by atoms with Crippen molar-refractivity contribution in [1.82, 2.24) is 9.55 Å². The summed E-state index contributed by atoms with van der Waals surface area (Å²) < 4.78 is 1.74. The summed E-state index contributed by atoms with van der Waals surface area (Å²) in [5.74, 6) is 1.51. The van der Waals surface area contributed by atoms with Crippen molar-refractivity contribution in [3.8, 4) is 0 Å². The molecule has 0 bridgehead atoms. The molecule has 0 aromatic carbocycles. The summed E-state index contributed by atoms with van der Waals surface area (Å²) in [6.07, 6.45) is 3.47. The molecule has 0 amide bonds. The lowest BCUT2D eigenvalue weighted by atomic mass is 10.0. The van der Waals surface area contributed by atoms with Crippen LogP contribution < -0.4 is 10.9 Å². The number of hydrogen-bond donors (Lipinski definition) is 1. The summed E-state index contributed by atoms with van der Waals surface area (Å²) in [4.78, 5) is 16.5. The minimum absolute atomic E-state index is 0.0162. The van der Waals surface area contributed by atoms with E-state index >= 15 is 0 Å². The summed E-state index contributed by atoms with van der Waals surface area (Å²) in [7, 11) is 0. The summed E-state index contributed by atoms with van der Waals surface area (Å²) in [5, 5.41) is 3.26. The van der Waals surface area contributed by atoms with E-state index in [4.69, 9.17) is 0 Å². The van der Waals surface area contributed by atoms with Crippen LogP contribution in [0.4, 0.5) is 5.82 Å². The van der Waals surface area contributed by atoms with Crippen LogP contribution in [0.2, 0.25) is 0 Å². The third-order valence-corrected chi connectivity index (χ3v) is 5.27. The average Bonchev–Trinajstić information content (AvgIpc) is 2.71. The van der Waals surface area contributed by atoms with Crippen LogP contribution in [0.5, 0.6) is 0 Å². The highest BCUT2D eigenvalue weighted by molar-refractivity contribution is 5.32. The number of nitrogens with one attached hydrogen (secondary N) is 1. The molecule has 1 heterocycles. The first-order valence-corrected chi connectivity index (χ1v) is 7.47. The van der Waals surface area contributed by atoms with Crippen molar-refractivity contribution in [3.05, 3.63) is 22.7 Å². The molecule has 0 unspecified atom stereocenters. The molecule has 0 radical (unpaired) electrons. The second-order valence-corrected chi connectivity index (χ2v) is 7.50. The van der Waals surface area contributed by atoms with E-state index < -0.39 is 0 Å². The summed E-state index contributed by atoms with van der Waals surface area (Å²) in [5.41, 5.74) is 0.634. The van der Waals surface area contributed by atoms with E-state index in [1.165, 1.54) is 0 Å². The van der Waals surface area contributed by atoms with Crippen molar-refractivity contribution in [3.63, 3.8) is 0 Å². The zero-order chi connectivity index (χ0) is 15.1. The highest BCUT2D eigenvalue weighted by atomic mass is 16.1. The lowest BCUT2D eigenvalue weighted by Gasteiger charge is -2.11. The minimum Gasteiger partial charge on any atom is -0.365 e. The molecule has 1 aromatic heterocycles. The maximum absolute atomic E-state index is 12.3. The monoisotopic (exact) mass is 277 g/mol. The van der Waals surface area contributed by atoms with E-state index in [0.717, 1.165) is 13.1 Å². The van der Waals surface area contributed by atoms with Gasteiger partial charge in [0.1, 0.15) is 0 Å². The Hall–Kier alpha value is -1.32. The van der Waals surface area contributed by atoms with Crippen molar-refractivity contribution >= 4 is 5.82 Å². The maximum atomic E-state index is 12.3. The molecule has 1 N–H and O–H groups in total. The second-order valence-electron chi connectivity index (χ2n) is 7.50. The Morgan fingerprint density at radius 1 is 1.30 bits per heavy atom. The van der Waals surface area contributed by atoms with E-state index in [1.54, 1.807) is 17.0 Å². The van der Waals surface area contributed by atoms with Gasteiger partial charge >= 0.3 is 0 Å². The minimum atomic E-state index is -0.0162. The Balaban J connectivity index is 2.07. The molecule has 0 atom stereocenters. The van der Waals surface area contributed by atoms with Gasteiger partial charge in [-0.1, -0.05) is 41.5 Å². The molecule has 1 aliphatic carbocycles. The molecule has 1 aliphatic rings. The molecule has 4 nitrogen and oxygen atoms in total. The fraction of sp³-hybridized carbons (Fsp3) is 0.750. The third kappa shape index (κ3) is 2.48. The zero-order valence-corrected chi connectivity index (χ0v) is 13.5. The van der Waals surface area contributed by atoms with Crippen molar-refractivity contribution in [2.24, 2.45) is 22.7 Å². The van der Waals surface area contributed by atoms with Gasteiger partial charge in [0.15, 0.2) is 5.82 Å². The predicted molar refractivity (Wildman–Crippen MR) is 82.9 cm³/mol. The molecule has 4 heteroatoms. The Morgan fingerprint density at radius 2 is 1.90 bits per heavy atom. The van der Waals surface area contributed by atoms with Crippen LogP contribution in [-0.4, -0.2) is 16.1 Å². The standard InChI is InChI=1S/C16H27N3O/c1-11(2)10-19-8-7-17-13(14(19)20)18-9-12-15(3,4)16(12,5)6/h7-8,11-12H,9-10H2,1-6H3,(H,17,18). The molecule has 0 spiro atoms. The number of rotatable bonds is 5. The number of nitrogens with zero attached hydrogens (tertiary/aromatic N) is 2. The van der Waals surface area contributed by atoms with Gasteiger partial charge in [-0.25, -0.2) is 4.98 Å². The van der Waals surface area contributed by atoms with E-state index in [2.05, 4.69) is 51.8 Å². The lowest BCUT2D eigenvalue weighted by Crippen LogP contribution is -2.27. The first kappa shape index (κ1) is 15.1. The topological polar surface area (TPSA) is 46.9 Å². The van der Waals surface area contributed by atoms with Crippen LogP contribution in [0.3, 0.4) is 0 Å². The van der Waals surface area contributed by atoms with Crippen LogP contribution in [0.25, 0.3) is 0 Å². The molecule has 1 saturated carbocycles. The van der Waals surface area contributed by atoms with Crippen molar-refractivity contribution in [2.45, 2.75) is 48.1 Å². The Morgan fingerprint density at radius 3 is 2.40 bits per heavy atom. The first-order chi connectivity index (χ1) is 9.18. The van der Waals surface area contributed by atoms with E-state index in [1.807, 2.05) is 0 Å². The fourth-order valence-electron chi connectivity index (χ4n) is 3.15. The predicted octanol–water partition coefficient (Wildman–Crippen LogP) is 2.99. The van der Waals surface area contributed by atoms with Crippen LogP contribution in [0.1, 0.15) is 41.5 Å². The molecule has 1 fully saturated rings. The van der Waals surface area contributed by atoms with E-state index in [9.17, 15) is 4.79 Å². The number of aromatic nitrogens is 2. The van der Waals surface area contributed by atoms with Gasteiger partial charge in [-0.3, -0.25) is 4.79 Å². The SMILES string of the molecule is CC(C)Cn1ccnc(NCC2C(C)(C)C2(C)C)c1=O. The molecule has 0 saturated heterocycles. The van der Waals surface area contributed by atoms with Gasteiger partial charge in [0.05, 0.1) is 0 Å². The Kier molecular flexibility index (Phi) is 3.69. The molecule has 2 rings (SSSR count). The van der Waals surface area contributed by atoms with Gasteiger partial charge in [-0.05, 0) is 22.7 Å². The van der Waals surface area contributed by atoms with Crippen molar-refractivity contribution in [1.29, 1.82) is 0 Å². The molecular weight excluding hydrogens is 250 g/mol. The summed E-state index contributed by atoms with van der Waals surface area (Å²) in [6, 6.07) is 0. The van der Waals surface area contributed by atoms with Gasteiger partial charge in [-0.2, -0.15) is 0 Å². The smallest absolute Gasteiger partial charge is 0.293 e. The number of hydrogen-bond acceptors (Lipinski definition) is 3. The molecule has 112 valence electrons. The van der Waals surface area contributed by atoms with Crippen molar-refractivity contribution < 1.29 is 0 Å². The van der Waals surface area contributed by atoms with Gasteiger partial charge in [0, 0.05) is 25.5 Å². The Labute approximate surface area is 121 Å². The Bertz CT molecular complexity index is 529. The fourth-order valence-corrected chi connectivity index (χ4v) is 3.15. The van der Waals surface area contributed by atoms with E-state index in [-0.39, 0.29) is 5.56 Å². The quantitative estimate of drug-likeness (QED) is 0.900. The third-order valence-electron chi connectivity index (χ3n) is 5.27. The lowest BCUT2D eigenvalue weighted by molar-refractivity contribution is 0.457. The molecular formula is C16H27N3O. The van der Waals surface area contributed by atoms with E-state index in [0.29, 0.717) is 28.5 Å². The summed E-state index contributed by atoms with van der Waals surface area (Å²) in [6.45, 7) is 14.9. The van der Waals surface area contributed by atoms with Crippen LogP contribution in [0.15, 0.2) is 17.2 Å². The number of anilines is 1. The molecule has 1 aromatic rings. The normalized spacial score (nSPS) is 20.1. The highest BCUT2D eigenvalue weighted by Gasteiger charge is 2.64. The van der Waals surface area contributed by atoms with Gasteiger partial charge in [0.25, 0.3) is 5.56 Å². The highest BCUT2D eigenvalue weighted by Crippen LogP contribution is 2.68. The second kappa shape index (κ2) is 4.90.